The van der Waals surface area contributed by atoms with E-state index in [9.17, 15) is 9.90 Å². The number of aryl methyl sites for hydroxylation is 2. The zero-order valence-electron chi connectivity index (χ0n) is 13.3. The van der Waals surface area contributed by atoms with Crippen LogP contribution in [0.3, 0.4) is 0 Å². The molecule has 5 heteroatoms. The molecule has 1 N–H and O–H groups in total. The lowest BCUT2D eigenvalue weighted by atomic mass is 10.1. The predicted octanol–water partition coefficient (Wildman–Crippen LogP) is 2.52. The van der Waals surface area contributed by atoms with Gasteiger partial charge >= 0.3 is 0 Å². The number of methoxy groups -OCH3 is 1. The Bertz CT molecular complexity index is 708. The van der Waals surface area contributed by atoms with Crippen molar-refractivity contribution in [2.45, 2.75) is 39.8 Å². The van der Waals surface area contributed by atoms with Gasteiger partial charge < -0.3 is 9.84 Å². The summed E-state index contributed by atoms with van der Waals surface area (Å²) in [5, 5.41) is 13.9. The topological polar surface area (TPSA) is 64.3 Å². The first-order valence-electron chi connectivity index (χ1n) is 7.47. The summed E-state index contributed by atoms with van der Waals surface area (Å²) >= 11 is 0. The van der Waals surface area contributed by atoms with E-state index in [1.807, 2.05) is 25.1 Å². The van der Waals surface area contributed by atoms with Gasteiger partial charge in [-0.1, -0.05) is 25.0 Å². The van der Waals surface area contributed by atoms with Crippen molar-refractivity contribution in [3.8, 4) is 17.0 Å². The van der Waals surface area contributed by atoms with Gasteiger partial charge in [0.2, 0.25) is 0 Å². The van der Waals surface area contributed by atoms with E-state index in [0.29, 0.717) is 23.6 Å². The summed E-state index contributed by atoms with van der Waals surface area (Å²) in [5.74, 6) is 0.697. The highest BCUT2D eigenvalue weighted by Crippen LogP contribution is 2.29. The normalized spacial score (nSPS) is 10.7. The summed E-state index contributed by atoms with van der Waals surface area (Å²) in [5.41, 5.74) is 2.66. The number of aliphatic hydroxyl groups is 1. The van der Waals surface area contributed by atoms with Crippen molar-refractivity contribution in [1.29, 1.82) is 0 Å². The van der Waals surface area contributed by atoms with Gasteiger partial charge in [-0.3, -0.25) is 4.79 Å². The average Bonchev–Trinajstić information content (AvgIpc) is 2.53. The van der Waals surface area contributed by atoms with Crippen LogP contribution in [0, 0.1) is 6.92 Å². The molecule has 0 aliphatic carbocycles. The third-order valence-corrected chi connectivity index (χ3v) is 3.57. The molecule has 0 aliphatic heterocycles. The molecule has 1 aromatic heterocycles. The van der Waals surface area contributed by atoms with E-state index in [1.54, 1.807) is 13.2 Å². The smallest absolute Gasteiger partial charge is 0.272 e. The van der Waals surface area contributed by atoms with Gasteiger partial charge in [0.1, 0.15) is 5.75 Å². The number of hydrogen-bond donors (Lipinski definition) is 1. The molecule has 2 aromatic rings. The molecule has 5 nitrogen and oxygen atoms in total. The van der Waals surface area contributed by atoms with E-state index >= 15 is 0 Å². The highest BCUT2D eigenvalue weighted by Gasteiger charge is 2.13. The molecule has 0 saturated carbocycles. The van der Waals surface area contributed by atoms with E-state index in [-0.39, 0.29) is 12.2 Å². The van der Waals surface area contributed by atoms with Crippen molar-refractivity contribution in [2.75, 3.05) is 7.11 Å². The lowest BCUT2D eigenvalue weighted by Gasteiger charge is -2.12. The molecule has 0 aliphatic rings. The number of aromatic nitrogens is 2. The average molecular weight is 302 g/mol. The minimum Gasteiger partial charge on any atom is -0.496 e. The predicted molar refractivity (Wildman–Crippen MR) is 86.1 cm³/mol. The Morgan fingerprint density at radius 2 is 2.09 bits per heavy atom. The molecule has 1 heterocycles. The summed E-state index contributed by atoms with van der Waals surface area (Å²) in [6, 6.07) is 7.45. The van der Waals surface area contributed by atoms with Gasteiger partial charge in [-0.05, 0) is 31.5 Å². The maximum atomic E-state index is 12.2. The van der Waals surface area contributed by atoms with Crippen LogP contribution < -0.4 is 10.3 Å². The maximum Gasteiger partial charge on any atom is 0.272 e. The van der Waals surface area contributed by atoms with Crippen molar-refractivity contribution >= 4 is 0 Å². The molecule has 0 saturated heterocycles. The molecule has 0 bridgehead atoms. The Morgan fingerprint density at radius 1 is 1.32 bits per heavy atom. The SMILES string of the molecule is CCCCn1nc(-c2cc(C)ccc2OC)cc(CO)c1=O. The third-order valence-electron chi connectivity index (χ3n) is 3.57. The fraction of sp³-hybridized carbons (Fsp3) is 0.412. The van der Waals surface area contributed by atoms with Gasteiger partial charge in [0.25, 0.3) is 5.56 Å². The Morgan fingerprint density at radius 3 is 2.73 bits per heavy atom. The first kappa shape index (κ1) is 16.2. The van der Waals surface area contributed by atoms with Crippen molar-refractivity contribution in [3.63, 3.8) is 0 Å². The Hall–Kier alpha value is -2.14. The van der Waals surface area contributed by atoms with Crippen molar-refractivity contribution in [2.24, 2.45) is 0 Å². The molecular formula is C17H22N2O3. The first-order chi connectivity index (χ1) is 10.6. The lowest BCUT2D eigenvalue weighted by Crippen LogP contribution is -2.27. The third kappa shape index (κ3) is 3.36. The molecule has 22 heavy (non-hydrogen) atoms. The van der Waals surface area contributed by atoms with Crippen molar-refractivity contribution in [3.05, 3.63) is 45.7 Å². The fourth-order valence-corrected chi connectivity index (χ4v) is 2.32. The number of ether oxygens (including phenoxy) is 1. The van der Waals surface area contributed by atoms with Crippen LogP contribution >= 0.6 is 0 Å². The minimum absolute atomic E-state index is 0.230. The molecule has 2 rings (SSSR count). The molecule has 0 unspecified atom stereocenters. The van der Waals surface area contributed by atoms with Crippen LogP contribution in [-0.4, -0.2) is 22.0 Å². The van der Waals surface area contributed by atoms with Gasteiger partial charge in [0.15, 0.2) is 0 Å². The Kier molecular flexibility index (Phi) is 5.33. The van der Waals surface area contributed by atoms with E-state index in [0.717, 1.165) is 24.0 Å². The maximum absolute atomic E-state index is 12.2. The minimum atomic E-state index is -0.297. The number of nitrogens with zero attached hydrogens (tertiary/aromatic N) is 2. The van der Waals surface area contributed by atoms with Crippen LogP contribution in [-0.2, 0) is 13.2 Å². The highest BCUT2D eigenvalue weighted by molar-refractivity contribution is 5.68. The summed E-state index contributed by atoms with van der Waals surface area (Å²) < 4.78 is 6.83. The number of unbranched alkanes of at least 4 members (excludes halogenated alkanes) is 1. The summed E-state index contributed by atoms with van der Waals surface area (Å²) in [7, 11) is 1.61. The molecule has 0 amide bonds. The van der Waals surface area contributed by atoms with Gasteiger partial charge in [0, 0.05) is 17.7 Å². The monoisotopic (exact) mass is 302 g/mol. The van der Waals surface area contributed by atoms with Crippen LogP contribution in [0.2, 0.25) is 0 Å². The molecular weight excluding hydrogens is 280 g/mol. The van der Waals surface area contributed by atoms with Gasteiger partial charge in [-0.15, -0.1) is 0 Å². The van der Waals surface area contributed by atoms with Crippen LogP contribution in [0.25, 0.3) is 11.3 Å². The zero-order valence-corrected chi connectivity index (χ0v) is 13.3. The second kappa shape index (κ2) is 7.22. The second-order valence-corrected chi connectivity index (χ2v) is 5.30. The largest absolute Gasteiger partial charge is 0.496 e. The van der Waals surface area contributed by atoms with Crippen molar-refractivity contribution in [1.82, 2.24) is 9.78 Å². The molecule has 0 spiro atoms. The molecule has 1 aromatic carbocycles. The second-order valence-electron chi connectivity index (χ2n) is 5.30. The van der Waals surface area contributed by atoms with Gasteiger partial charge in [0.05, 0.1) is 19.4 Å². The van der Waals surface area contributed by atoms with Crippen LogP contribution in [0.15, 0.2) is 29.1 Å². The first-order valence-corrected chi connectivity index (χ1v) is 7.47. The van der Waals surface area contributed by atoms with E-state index < -0.39 is 0 Å². The van der Waals surface area contributed by atoms with E-state index in [4.69, 9.17) is 4.74 Å². The summed E-state index contributed by atoms with van der Waals surface area (Å²) in [6.45, 7) is 4.30. The van der Waals surface area contributed by atoms with Crippen LogP contribution in [0.1, 0.15) is 30.9 Å². The Labute approximate surface area is 130 Å². The lowest BCUT2D eigenvalue weighted by molar-refractivity contribution is 0.278. The van der Waals surface area contributed by atoms with Crippen LogP contribution in [0.5, 0.6) is 5.75 Å². The summed E-state index contributed by atoms with van der Waals surface area (Å²) in [6.07, 6.45) is 1.84. The van der Waals surface area contributed by atoms with Crippen molar-refractivity contribution < 1.29 is 9.84 Å². The van der Waals surface area contributed by atoms with E-state index in [2.05, 4.69) is 12.0 Å². The highest BCUT2D eigenvalue weighted by atomic mass is 16.5. The molecule has 0 atom stereocenters. The summed E-state index contributed by atoms with van der Waals surface area (Å²) in [4.78, 5) is 12.2. The number of benzene rings is 1. The number of hydrogen-bond acceptors (Lipinski definition) is 4. The van der Waals surface area contributed by atoms with Gasteiger partial charge in [-0.2, -0.15) is 5.10 Å². The van der Waals surface area contributed by atoms with Crippen LogP contribution in [0.4, 0.5) is 0 Å². The zero-order chi connectivity index (χ0) is 16.1. The molecule has 0 fully saturated rings. The molecule has 0 radical (unpaired) electrons. The molecule has 118 valence electrons. The number of rotatable bonds is 6. The van der Waals surface area contributed by atoms with E-state index in [1.165, 1.54) is 4.68 Å². The quantitative estimate of drug-likeness (QED) is 0.890. The number of aliphatic hydroxyl groups excluding tert-OH is 1. The van der Waals surface area contributed by atoms with Gasteiger partial charge in [-0.25, -0.2) is 4.68 Å². The fourth-order valence-electron chi connectivity index (χ4n) is 2.32. The standard InChI is InChI=1S/C17H22N2O3/c1-4-5-8-19-17(21)13(11-20)10-15(18-19)14-9-12(2)6-7-16(14)22-3/h6-7,9-10,20H,4-5,8,11H2,1-3H3. The Balaban J connectivity index is 2.60.